The third kappa shape index (κ3) is 2.90. The van der Waals surface area contributed by atoms with Gasteiger partial charge in [-0.25, -0.2) is 0 Å². The van der Waals surface area contributed by atoms with Crippen molar-refractivity contribution in [3.05, 3.63) is 29.6 Å². The van der Waals surface area contributed by atoms with E-state index in [2.05, 4.69) is 16.8 Å². The molecule has 0 N–H and O–H groups in total. The van der Waals surface area contributed by atoms with Crippen LogP contribution in [0.4, 0.5) is 0 Å². The van der Waals surface area contributed by atoms with Crippen molar-refractivity contribution in [2.45, 2.75) is 38.8 Å². The summed E-state index contributed by atoms with van der Waals surface area (Å²) in [4.78, 5) is 31.9. The van der Waals surface area contributed by atoms with Gasteiger partial charge in [0.2, 0.25) is 0 Å². The van der Waals surface area contributed by atoms with Crippen LogP contribution in [0.5, 0.6) is 0 Å². The third-order valence-electron chi connectivity index (χ3n) is 4.92. The molecule has 1 unspecified atom stereocenters. The van der Waals surface area contributed by atoms with Crippen molar-refractivity contribution < 1.29 is 9.59 Å². The highest BCUT2D eigenvalue weighted by molar-refractivity contribution is 5.94. The van der Waals surface area contributed by atoms with Crippen molar-refractivity contribution in [3.63, 3.8) is 0 Å². The second-order valence-corrected chi connectivity index (χ2v) is 6.55. The minimum absolute atomic E-state index is 0.0939. The fourth-order valence-corrected chi connectivity index (χ4v) is 3.57. The predicted molar refractivity (Wildman–Crippen MR) is 83.6 cm³/mol. The fourth-order valence-electron chi connectivity index (χ4n) is 3.57. The van der Waals surface area contributed by atoms with Crippen LogP contribution in [0.1, 0.15) is 35.8 Å². The smallest absolute Gasteiger partial charge is 0.254 e. The molecular formula is C17H23N3O2. The SMILES string of the molecule is Cc1cc(C(=O)N2CCN([C@H]3C[C@@H](C=O)C3)C(C)C2)ccn1. The number of hydrogen-bond donors (Lipinski definition) is 0. The van der Waals surface area contributed by atoms with Crippen molar-refractivity contribution in [1.82, 2.24) is 14.8 Å². The lowest BCUT2D eigenvalue weighted by molar-refractivity contribution is -0.116. The number of aromatic nitrogens is 1. The number of carbonyl (C=O) groups excluding carboxylic acids is 2. The molecule has 22 heavy (non-hydrogen) atoms. The third-order valence-corrected chi connectivity index (χ3v) is 4.92. The van der Waals surface area contributed by atoms with Gasteiger partial charge >= 0.3 is 0 Å². The Balaban J connectivity index is 1.60. The van der Waals surface area contributed by atoms with Crippen LogP contribution in [0, 0.1) is 12.8 Å². The summed E-state index contributed by atoms with van der Waals surface area (Å²) in [6.45, 7) is 6.48. The van der Waals surface area contributed by atoms with Crippen LogP contribution < -0.4 is 0 Å². The fraction of sp³-hybridized carbons (Fsp3) is 0.588. The molecule has 2 aliphatic rings. The number of nitrogens with zero attached hydrogens (tertiary/aromatic N) is 3. The van der Waals surface area contributed by atoms with Crippen molar-refractivity contribution in [3.8, 4) is 0 Å². The second kappa shape index (κ2) is 6.16. The van der Waals surface area contributed by atoms with E-state index in [4.69, 9.17) is 0 Å². The number of pyridine rings is 1. The maximum Gasteiger partial charge on any atom is 0.254 e. The largest absolute Gasteiger partial charge is 0.336 e. The van der Waals surface area contributed by atoms with Crippen LogP contribution in [0.3, 0.4) is 0 Å². The zero-order valence-corrected chi connectivity index (χ0v) is 13.2. The van der Waals surface area contributed by atoms with Gasteiger partial charge < -0.3 is 9.69 Å². The Bertz CT molecular complexity index is 569. The summed E-state index contributed by atoms with van der Waals surface area (Å²) >= 11 is 0. The molecule has 5 heteroatoms. The molecule has 0 bridgehead atoms. The van der Waals surface area contributed by atoms with E-state index in [-0.39, 0.29) is 11.8 Å². The van der Waals surface area contributed by atoms with E-state index in [1.165, 1.54) is 0 Å². The molecule has 1 aliphatic heterocycles. The van der Waals surface area contributed by atoms with E-state index in [0.29, 0.717) is 12.1 Å². The molecule has 118 valence electrons. The monoisotopic (exact) mass is 301 g/mol. The van der Waals surface area contributed by atoms with Gasteiger partial charge in [-0.2, -0.15) is 0 Å². The Hall–Kier alpha value is -1.75. The molecule has 5 nitrogen and oxygen atoms in total. The lowest BCUT2D eigenvalue weighted by Crippen LogP contribution is -2.59. The molecule has 0 spiro atoms. The second-order valence-electron chi connectivity index (χ2n) is 6.55. The van der Waals surface area contributed by atoms with E-state index in [1.54, 1.807) is 12.3 Å². The van der Waals surface area contributed by atoms with Gasteiger partial charge in [-0.1, -0.05) is 0 Å². The molecule has 1 saturated carbocycles. The first kappa shape index (κ1) is 15.2. The van der Waals surface area contributed by atoms with Gasteiger partial charge in [0.25, 0.3) is 5.91 Å². The maximum absolute atomic E-state index is 12.6. The Morgan fingerprint density at radius 1 is 1.36 bits per heavy atom. The summed E-state index contributed by atoms with van der Waals surface area (Å²) in [6.07, 6.45) is 4.72. The van der Waals surface area contributed by atoms with Gasteiger partial charge in [-0.3, -0.25) is 14.7 Å². The van der Waals surface area contributed by atoms with E-state index in [9.17, 15) is 9.59 Å². The minimum Gasteiger partial charge on any atom is -0.336 e. The molecule has 0 radical (unpaired) electrons. The quantitative estimate of drug-likeness (QED) is 0.794. The van der Waals surface area contributed by atoms with Gasteiger partial charge in [0, 0.05) is 55.1 Å². The Morgan fingerprint density at radius 3 is 2.77 bits per heavy atom. The molecule has 3 rings (SSSR count). The molecular weight excluding hydrogens is 278 g/mol. The lowest BCUT2D eigenvalue weighted by atomic mass is 9.79. The zero-order chi connectivity index (χ0) is 15.7. The van der Waals surface area contributed by atoms with Crippen molar-refractivity contribution >= 4 is 12.2 Å². The van der Waals surface area contributed by atoms with E-state index >= 15 is 0 Å². The van der Waals surface area contributed by atoms with Crippen LogP contribution in [-0.4, -0.2) is 58.7 Å². The predicted octanol–water partition coefficient (Wildman–Crippen LogP) is 1.51. The lowest BCUT2D eigenvalue weighted by Gasteiger charge is -2.48. The first-order chi connectivity index (χ1) is 10.6. The van der Waals surface area contributed by atoms with Gasteiger partial charge in [0.05, 0.1) is 0 Å². The molecule has 2 heterocycles. The number of piperazine rings is 1. The summed E-state index contributed by atoms with van der Waals surface area (Å²) < 4.78 is 0. The van der Waals surface area contributed by atoms with E-state index in [0.717, 1.165) is 50.0 Å². The normalized spacial score (nSPS) is 29.0. The van der Waals surface area contributed by atoms with Gasteiger partial charge in [-0.05, 0) is 38.8 Å². The summed E-state index contributed by atoms with van der Waals surface area (Å²) in [7, 11) is 0. The molecule has 2 fully saturated rings. The highest BCUT2D eigenvalue weighted by atomic mass is 16.2. The molecule has 1 saturated heterocycles. The van der Waals surface area contributed by atoms with Crippen molar-refractivity contribution in [2.75, 3.05) is 19.6 Å². The number of aldehydes is 1. The summed E-state index contributed by atoms with van der Waals surface area (Å²) in [5.41, 5.74) is 1.59. The van der Waals surface area contributed by atoms with Crippen LogP contribution in [0.25, 0.3) is 0 Å². The Labute approximate surface area is 131 Å². The zero-order valence-electron chi connectivity index (χ0n) is 13.2. The topological polar surface area (TPSA) is 53.5 Å². The number of hydrogen-bond acceptors (Lipinski definition) is 4. The molecule has 1 aromatic heterocycles. The average molecular weight is 301 g/mol. The molecule has 1 amide bonds. The molecule has 1 aliphatic carbocycles. The summed E-state index contributed by atoms with van der Waals surface area (Å²) in [5, 5.41) is 0. The number of carbonyl (C=O) groups is 2. The Kier molecular flexibility index (Phi) is 4.25. The number of rotatable bonds is 3. The molecule has 1 aromatic rings. The van der Waals surface area contributed by atoms with E-state index in [1.807, 2.05) is 17.9 Å². The number of amides is 1. The van der Waals surface area contributed by atoms with Gasteiger partial charge in [-0.15, -0.1) is 0 Å². The van der Waals surface area contributed by atoms with Crippen LogP contribution in [-0.2, 0) is 4.79 Å². The first-order valence-corrected chi connectivity index (χ1v) is 8.01. The summed E-state index contributed by atoms with van der Waals surface area (Å²) in [6, 6.07) is 4.50. The highest BCUT2D eigenvalue weighted by Crippen LogP contribution is 2.32. The van der Waals surface area contributed by atoms with Crippen LogP contribution >= 0.6 is 0 Å². The summed E-state index contributed by atoms with van der Waals surface area (Å²) in [5.74, 6) is 0.341. The van der Waals surface area contributed by atoms with Crippen LogP contribution in [0.15, 0.2) is 18.3 Å². The standard InChI is InChI=1S/C17H23N3O2/c1-12-7-15(3-4-18-12)17(22)19-5-6-20(13(2)10-19)16-8-14(9-16)11-21/h3-4,7,11,13-14,16H,5-6,8-10H2,1-2H3/t13?,14-,16+. The van der Waals surface area contributed by atoms with Gasteiger partial charge in [0.15, 0.2) is 0 Å². The van der Waals surface area contributed by atoms with E-state index < -0.39 is 0 Å². The van der Waals surface area contributed by atoms with Crippen LogP contribution in [0.2, 0.25) is 0 Å². The number of aryl methyl sites for hydroxylation is 1. The highest BCUT2D eigenvalue weighted by Gasteiger charge is 2.38. The Morgan fingerprint density at radius 2 is 2.14 bits per heavy atom. The van der Waals surface area contributed by atoms with Crippen molar-refractivity contribution in [1.29, 1.82) is 0 Å². The maximum atomic E-state index is 12.6. The molecule has 0 aromatic carbocycles. The minimum atomic E-state index is 0.0939. The molecule has 1 atom stereocenters. The van der Waals surface area contributed by atoms with Crippen molar-refractivity contribution in [2.24, 2.45) is 5.92 Å². The average Bonchev–Trinajstić information content (AvgIpc) is 2.47. The first-order valence-electron chi connectivity index (χ1n) is 8.01. The van der Waals surface area contributed by atoms with Gasteiger partial charge in [0.1, 0.15) is 6.29 Å².